The third kappa shape index (κ3) is 7.85. The standard InChI is InChI=1S/C32H36N2O4.C2H3F3N/c1-38-23-25-14-12-24(13-15-25)22-30(35)34-20-18-33(19-21-34)17-7-6-16-32(31(36)37)28-10-4-2-8-26(28)27-9-3-5-11-29(27)32;3-2(4,5)1-6/h2-5,8-15H,6-7,16-23H2,1H3,(H,36,37);6H,1H2/q;-1. The van der Waals surface area contributed by atoms with Crippen molar-refractivity contribution in [2.24, 2.45) is 0 Å². The number of nitrogens with zero attached hydrogens (tertiary/aromatic N) is 2. The van der Waals surface area contributed by atoms with Crippen molar-refractivity contribution in [2.45, 2.75) is 43.9 Å². The second kappa shape index (κ2) is 14.8. The number of hydrogen-bond donors (Lipinski definition) is 1. The number of hydrogen-bond acceptors (Lipinski definition) is 4. The summed E-state index contributed by atoms with van der Waals surface area (Å²) >= 11 is 0. The summed E-state index contributed by atoms with van der Waals surface area (Å²) in [6, 6.07) is 23.9. The molecule has 1 saturated heterocycles. The predicted molar refractivity (Wildman–Crippen MR) is 163 cm³/mol. The average molecular weight is 611 g/mol. The lowest BCUT2D eigenvalue weighted by Crippen LogP contribution is -2.49. The lowest BCUT2D eigenvalue weighted by atomic mass is 9.74. The number of halogens is 3. The Morgan fingerprint density at radius 2 is 1.39 bits per heavy atom. The van der Waals surface area contributed by atoms with Crippen LogP contribution in [0, 0.1) is 0 Å². The highest BCUT2D eigenvalue weighted by Gasteiger charge is 2.48. The molecule has 3 aromatic rings. The van der Waals surface area contributed by atoms with Crippen LogP contribution in [0.1, 0.15) is 41.5 Å². The Labute approximate surface area is 256 Å². The van der Waals surface area contributed by atoms with Gasteiger partial charge in [-0.3, -0.25) is 14.5 Å². The second-order valence-electron chi connectivity index (χ2n) is 11.2. The van der Waals surface area contributed by atoms with E-state index in [0.29, 0.717) is 19.4 Å². The van der Waals surface area contributed by atoms with Gasteiger partial charge in [-0.25, -0.2) is 0 Å². The molecule has 2 N–H and O–H groups in total. The van der Waals surface area contributed by atoms with Gasteiger partial charge < -0.3 is 20.5 Å². The van der Waals surface area contributed by atoms with Crippen molar-refractivity contribution in [3.05, 3.63) is 101 Å². The van der Waals surface area contributed by atoms with Gasteiger partial charge in [-0.05, 0) is 52.8 Å². The number of carboxylic acids is 1. The van der Waals surface area contributed by atoms with E-state index in [4.69, 9.17) is 10.5 Å². The van der Waals surface area contributed by atoms with E-state index in [1.807, 2.05) is 77.7 Å². The third-order valence-corrected chi connectivity index (χ3v) is 8.32. The zero-order valence-electron chi connectivity index (χ0n) is 24.9. The molecule has 0 unspecified atom stereocenters. The van der Waals surface area contributed by atoms with E-state index in [9.17, 15) is 27.9 Å². The predicted octanol–water partition coefficient (Wildman–Crippen LogP) is 6.34. The Morgan fingerprint density at radius 1 is 0.864 bits per heavy atom. The fourth-order valence-electron chi connectivity index (χ4n) is 6.08. The van der Waals surface area contributed by atoms with Gasteiger partial charge >= 0.3 is 12.1 Å². The van der Waals surface area contributed by atoms with Gasteiger partial charge in [-0.1, -0.05) is 85.8 Å². The number of amides is 1. The zero-order valence-corrected chi connectivity index (χ0v) is 24.9. The number of nitrogens with one attached hydrogen (secondary N) is 1. The molecule has 236 valence electrons. The molecule has 1 aliphatic carbocycles. The Bertz CT molecular complexity index is 1360. The quantitative estimate of drug-likeness (QED) is 0.271. The molecule has 1 fully saturated rings. The lowest BCUT2D eigenvalue weighted by molar-refractivity contribution is -0.142. The topological polar surface area (TPSA) is 93.9 Å². The molecular formula is C34H39F3N3O4-. The van der Waals surface area contributed by atoms with Gasteiger partial charge in [-0.2, -0.15) is 13.2 Å². The maximum absolute atomic E-state index is 12.8. The molecule has 3 aromatic carbocycles. The van der Waals surface area contributed by atoms with E-state index in [1.165, 1.54) is 0 Å². The van der Waals surface area contributed by atoms with Gasteiger partial charge in [0.05, 0.1) is 13.0 Å². The van der Waals surface area contributed by atoms with Crippen LogP contribution < -0.4 is 0 Å². The number of alkyl halides is 3. The molecule has 10 heteroatoms. The van der Waals surface area contributed by atoms with Crippen LogP contribution in [0.3, 0.4) is 0 Å². The van der Waals surface area contributed by atoms with Crippen LogP contribution in [0.4, 0.5) is 13.2 Å². The SMILES string of the molecule is COCc1ccc(CC(=O)N2CCN(CCCCC3(C(=O)O)c4ccccc4-c4ccccc43)CC2)cc1.[NH-]CC(F)(F)F. The third-order valence-electron chi connectivity index (χ3n) is 8.32. The Hall–Kier alpha value is -3.73. The highest BCUT2D eigenvalue weighted by atomic mass is 19.4. The smallest absolute Gasteiger partial charge is 0.370 e. The van der Waals surface area contributed by atoms with E-state index < -0.39 is 24.1 Å². The minimum Gasteiger partial charge on any atom is -0.670 e. The van der Waals surface area contributed by atoms with Gasteiger partial charge in [0.2, 0.25) is 5.91 Å². The van der Waals surface area contributed by atoms with Gasteiger partial charge in [0, 0.05) is 33.3 Å². The normalized spacial score (nSPS) is 15.6. The van der Waals surface area contributed by atoms with E-state index in [2.05, 4.69) is 4.90 Å². The maximum Gasteiger partial charge on any atom is 0.370 e. The van der Waals surface area contributed by atoms with Crippen molar-refractivity contribution >= 4 is 11.9 Å². The number of unbranched alkanes of at least 4 members (excludes halogenated alkanes) is 1. The molecule has 0 radical (unpaired) electrons. The van der Waals surface area contributed by atoms with Gasteiger partial charge in [0.15, 0.2) is 0 Å². The first kappa shape index (κ1) is 33.2. The second-order valence-corrected chi connectivity index (χ2v) is 11.2. The van der Waals surface area contributed by atoms with Crippen molar-refractivity contribution in [2.75, 3.05) is 46.4 Å². The summed E-state index contributed by atoms with van der Waals surface area (Å²) in [7, 11) is 1.68. The minimum absolute atomic E-state index is 0.172. The number of carbonyl (C=O) groups excluding carboxylic acids is 1. The molecule has 1 amide bonds. The number of carbonyl (C=O) groups is 2. The van der Waals surface area contributed by atoms with Gasteiger partial charge in [0.25, 0.3) is 0 Å². The average Bonchev–Trinajstić information content (AvgIpc) is 3.31. The summed E-state index contributed by atoms with van der Waals surface area (Å²) in [6.45, 7) is 3.20. The van der Waals surface area contributed by atoms with Crippen LogP contribution in [0.2, 0.25) is 0 Å². The summed E-state index contributed by atoms with van der Waals surface area (Å²) in [4.78, 5) is 29.9. The summed E-state index contributed by atoms with van der Waals surface area (Å²) in [5, 5.41) is 10.5. The molecule has 1 heterocycles. The van der Waals surface area contributed by atoms with Gasteiger partial charge in [0.1, 0.15) is 5.41 Å². The maximum atomic E-state index is 12.8. The Kier molecular flexibility index (Phi) is 11.2. The van der Waals surface area contributed by atoms with Crippen LogP contribution in [0.5, 0.6) is 0 Å². The van der Waals surface area contributed by atoms with Crippen LogP contribution in [0.15, 0.2) is 72.8 Å². The summed E-state index contributed by atoms with van der Waals surface area (Å²) in [5.74, 6) is -0.596. The summed E-state index contributed by atoms with van der Waals surface area (Å²) in [5.41, 5.74) is 10.8. The molecule has 0 saturated carbocycles. The van der Waals surface area contributed by atoms with Gasteiger partial charge in [-0.15, -0.1) is 0 Å². The van der Waals surface area contributed by atoms with Crippen molar-refractivity contribution in [1.29, 1.82) is 0 Å². The fourth-order valence-corrected chi connectivity index (χ4v) is 6.08. The molecular weight excluding hydrogens is 571 g/mol. The van der Waals surface area contributed by atoms with Crippen molar-refractivity contribution in [3.8, 4) is 11.1 Å². The first-order valence-electron chi connectivity index (χ1n) is 14.8. The first-order chi connectivity index (χ1) is 21.1. The number of aliphatic carboxylic acids is 1. The number of piperazine rings is 1. The molecule has 5 rings (SSSR count). The molecule has 1 aliphatic heterocycles. The van der Waals surface area contributed by atoms with E-state index >= 15 is 0 Å². The number of rotatable bonds is 10. The van der Waals surface area contributed by atoms with E-state index in [-0.39, 0.29) is 5.91 Å². The molecule has 44 heavy (non-hydrogen) atoms. The molecule has 2 aliphatic rings. The summed E-state index contributed by atoms with van der Waals surface area (Å²) in [6.07, 6.45) is -1.53. The molecule has 0 bridgehead atoms. The lowest BCUT2D eigenvalue weighted by Gasteiger charge is -2.35. The Morgan fingerprint density at radius 3 is 1.89 bits per heavy atom. The fraction of sp³-hybridized carbons (Fsp3) is 0.412. The van der Waals surface area contributed by atoms with Crippen molar-refractivity contribution in [3.63, 3.8) is 0 Å². The minimum atomic E-state index is -4.29. The van der Waals surface area contributed by atoms with E-state index in [0.717, 1.165) is 78.9 Å². The van der Waals surface area contributed by atoms with Crippen LogP contribution in [0.25, 0.3) is 16.9 Å². The molecule has 0 spiro atoms. The molecule has 0 aromatic heterocycles. The van der Waals surface area contributed by atoms with Crippen molar-refractivity contribution in [1.82, 2.24) is 9.80 Å². The monoisotopic (exact) mass is 610 g/mol. The first-order valence-corrected chi connectivity index (χ1v) is 14.8. The summed E-state index contributed by atoms with van der Waals surface area (Å²) < 4.78 is 36.9. The number of ether oxygens (including phenoxy) is 1. The highest BCUT2D eigenvalue weighted by molar-refractivity contribution is 5.97. The largest absolute Gasteiger partial charge is 0.670 e. The van der Waals surface area contributed by atoms with Crippen LogP contribution in [-0.2, 0) is 32.8 Å². The van der Waals surface area contributed by atoms with Crippen LogP contribution in [-0.4, -0.2) is 79.3 Å². The molecule has 0 atom stereocenters. The zero-order chi connectivity index (χ0) is 31.7. The molecule has 7 nitrogen and oxygen atoms in total. The van der Waals surface area contributed by atoms with E-state index in [1.54, 1.807) is 7.11 Å². The number of fused-ring (bicyclic) bond motifs is 3. The number of carboxylic acid groups (broad SMARTS) is 1. The van der Waals surface area contributed by atoms with Crippen molar-refractivity contribution < 1.29 is 32.6 Å². The van der Waals surface area contributed by atoms with Crippen LogP contribution >= 0.6 is 0 Å². The number of methoxy groups -OCH3 is 1. The number of benzene rings is 3. The highest BCUT2D eigenvalue weighted by Crippen LogP contribution is 2.51. The Balaban J connectivity index is 0.000000670.